The number of rotatable bonds is 4. The third kappa shape index (κ3) is 2.39. The molecule has 1 aliphatic heterocycles. The van der Waals surface area contributed by atoms with Gasteiger partial charge in [-0.1, -0.05) is 0 Å². The Morgan fingerprint density at radius 1 is 1.50 bits per heavy atom. The zero-order chi connectivity index (χ0) is 14.1. The van der Waals surface area contributed by atoms with E-state index >= 15 is 0 Å². The number of anilines is 1. The number of aliphatic hydroxyl groups excluding tert-OH is 1. The van der Waals surface area contributed by atoms with Crippen molar-refractivity contribution in [1.29, 1.82) is 0 Å². The molecule has 1 saturated heterocycles. The second kappa shape index (κ2) is 5.63. The van der Waals surface area contributed by atoms with Crippen LogP contribution in [0.15, 0.2) is 12.4 Å². The fourth-order valence-corrected chi connectivity index (χ4v) is 3.70. The van der Waals surface area contributed by atoms with Crippen LogP contribution in [0.1, 0.15) is 18.2 Å². The predicted octanol–water partition coefficient (Wildman–Crippen LogP) is 1.98. The summed E-state index contributed by atoms with van der Waals surface area (Å²) in [7, 11) is 0. The van der Waals surface area contributed by atoms with Crippen molar-refractivity contribution in [3.8, 4) is 0 Å². The van der Waals surface area contributed by atoms with E-state index in [4.69, 9.17) is 4.74 Å². The van der Waals surface area contributed by atoms with Crippen molar-refractivity contribution in [2.24, 2.45) is 0 Å². The topological polar surface area (TPSA) is 58.5 Å². The second-order valence-electron chi connectivity index (χ2n) is 5.12. The Hall–Kier alpha value is -1.24. The van der Waals surface area contributed by atoms with Crippen LogP contribution in [0.4, 0.5) is 5.82 Å². The van der Waals surface area contributed by atoms with E-state index in [0.29, 0.717) is 6.54 Å². The highest BCUT2D eigenvalue weighted by atomic mass is 32.1. The van der Waals surface area contributed by atoms with Gasteiger partial charge in [-0.15, -0.1) is 11.3 Å². The lowest BCUT2D eigenvalue weighted by Gasteiger charge is -2.31. The molecule has 6 heteroatoms. The Bertz CT molecular complexity index is 601. The van der Waals surface area contributed by atoms with Crippen molar-refractivity contribution in [2.45, 2.75) is 32.4 Å². The summed E-state index contributed by atoms with van der Waals surface area (Å²) in [5, 5.41) is 10.5. The van der Waals surface area contributed by atoms with Crippen molar-refractivity contribution in [2.75, 3.05) is 24.7 Å². The lowest BCUT2D eigenvalue weighted by Crippen LogP contribution is -2.42. The van der Waals surface area contributed by atoms with E-state index in [1.54, 1.807) is 17.7 Å². The van der Waals surface area contributed by atoms with Gasteiger partial charge in [0.25, 0.3) is 0 Å². The number of nitrogens with zero attached hydrogens (tertiary/aromatic N) is 3. The lowest BCUT2D eigenvalue weighted by atomic mass is 10.1. The van der Waals surface area contributed by atoms with Gasteiger partial charge < -0.3 is 14.7 Å². The first-order valence-electron chi connectivity index (χ1n) is 6.91. The SMILES string of the molecule is Cc1cc2c(N(CCO)C3CCOC3C)ncnc2s1. The summed E-state index contributed by atoms with van der Waals surface area (Å²) in [4.78, 5) is 13.2. The fraction of sp³-hybridized carbons (Fsp3) is 0.571. The molecule has 2 aromatic heterocycles. The molecular weight excluding hydrogens is 274 g/mol. The van der Waals surface area contributed by atoms with Crippen LogP contribution >= 0.6 is 11.3 Å². The highest BCUT2D eigenvalue weighted by Crippen LogP contribution is 2.32. The average molecular weight is 293 g/mol. The van der Waals surface area contributed by atoms with Crippen molar-refractivity contribution in [1.82, 2.24) is 9.97 Å². The molecule has 108 valence electrons. The molecule has 0 amide bonds. The highest BCUT2D eigenvalue weighted by molar-refractivity contribution is 7.18. The minimum Gasteiger partial charge on any atom is -0.395 e. The van der Waals surface area contributed by atoms with Crippen molar-refractivity contribution in [3.63, 3.8) is 0 Å². The summed E-state index contributed by atoms with van der Waals surface area (Å²) in [5.41, 5.74) is 0. The van der Waals surface area contributed by atoms with Gasteiger partial charge in [0.2, 0.25) is 0 Å². The largest absolute Gasteiger partial charge is 0.395 e. The van der Waals surface area contributed by atoms with Crippen LogP contribution in [-0.2, 0) is 4.74 Å². The van der Waals surface area contributed by atoms with Crippen LogP contribution in [0, 0.1) is 6.92 Å². The van der Waals surface area contributed by atoms with E-state index in [1.165, 1.54) is 4.88 Å². The molecule has 0 bridgehead atoms. The Balaban J connectivity index is 2.04. The maximum Gasteiger partial charge on any atom is 0.141 e. The van der Waals surface area contributed by atoms with Crippen LogP contribution in [0.2, 0.25) is 0 Å². The Morgan fingerprint density at radius 2 is 2.35 bits per heavy atom. The molecule has 5 nitrogen and oxygen atoms in total. The van der Waals surface area contributed by atoms with Crippen LogP contribution in [0.3, 0.4) is 0 Å². The Morgan fingerprint density at radius 3 is 3.05 bits per heavy atom. The third-order valence-corrected chi connectivity index (χ3v) is 4.74. The number of aromatic nitrogens is 2. The van der Waals surface area contributed by atoms with Gasteiger partial charge >= 0.3 is 0 Å². The van der Waals surface area contributed by atoms with Crippen LogP contribution in [0.5, 0.6) is 0 Å². The highest BCUT2D eigenvalue weighted by Gasteiger charge is 2.31. The predicted molar refractivity (Wildman–Crippen MR) is 80.4 cm³/mol. The number of aryl methyl sites for hydroxylation is 1. The minimum absolute atomic E-state index is 0.109. The van der Waals surface area contributed by atoms with E-state index < -0.39 is 0 Å². The standard InChI is InChI=1S/C14H19N3O2S/c1-9-7-11-13(15-8-16-14(11)20-9)17(4-5-18)12-3-6-19-10(12)2/h7-8,10,12,18H,3-6H2,1-2H3. The van der Waals surface area contributed by atoms with Crippen LogP contribution in [-0.4, -0.2) is 47.0 Å². The molecule has 0 radical (unpaired) electrons. The van der Waals surface area contributed by atoms with Crippen molar-refractivity contribution < 1.29 is 9.84 Å². The first-order chi connectivity index (χ1) is 9.70. The monoisotopic (exact) mass is 293 g/mol. The second-order valence-corrected chi connectivity index (χ2v) is 6.36. The molecular formula is C14H19N3O2S. The number of thiophene rings is 1. The van der Waals surface area contributed by atoms with Gasteiger partial charge in [-0.05, 0) is 26.3 Å². The van der Waals surface area contributed by atoms with E-state index in [2.05, 4.69) is 34.8 Å². The molecule has 1 aliphatic rings. The fourth-order valence-electron chi connectivity index (χ4n) is 2.86. The molecule has 20 heavy (non-hydrogen) atoms. The molecule has 0 spiro atoms. The van der Waals surface area contributed by atoms with Crippen LogP contribution in [0.25, 0.3) is 10.2 Å². The summed E-state index contributed by atoms with van der Waals surface area (Å²) < 4.78 is 5.67. The van der Waals surface area contributed by atoms with E-state index in [0.717, 1.165) is 29.1 Å². The molecule has 1 fully saturated rings. The molecule has 3 rings (SSSR count). The maximum atomic E-state index is 9.40. The number of hydrogen-bond acceptors (Lipinski definition) is 6. The Kier molecular flexibility index (Phi) is 3.87. The van der Waals surface area contributed by atoms with E-state index in [1.807, 2.05) is 0 Å². The average Bonchev–Trinajstić information content (AvgIpc) is 3.00. The number of aliphatic hydroxyl groups is 1. The third-order valence-electron chi connectivity index (χ3n) is 3.78. The van der Waals surface area contributed by atoms with Crippen molar-refractivity contribution >= 4 is 27.4 Å². The van der Waals surface area contributed by atoms with Crippen molar-refractivity contribution in [3.05, 3.63) is 17.3 Å². The molecule has 1 N–H and O–H groups in total. The zero-order valence-corrected chi connectivity index (χ0v) is 12.6. The van der Waals surface area contributed by atoms with E-state index in [-0.39, 0.29) is 18.8 Å². The normalized spacial score (nSPS) is 22.6. The molecule has 0 aliphatic carbocycles. The smallest absolute Gasteiger partial charge is 0.141 e. The van der Waals surface area contributed by atoms with Gasteiger partial charge in [-0.2, -0.15) is 0 Å². The van der Waals surface area contributed by atoms with E-state index in [9.17, 15) is 5.11 Å². The van der Waals surface area contributed by atoms with Gasteiger partial charge in [0.1, 0.15) is 17.0 Å². The van der Waals surface area contributed by atoms with Gasteiger partial charge in [-0.3, -0.25) is 0 Å². The first-order valence-corrected chi connectivity index (χ1v) is 7.72. The minimum atomic E-state index is 0.109. The van der Waals surface area contributed by atoms with Gasteiger partial charge in [0.05, 0.1) is 24.1 Å². The summed E-state index contributed by atoms with van der Waals surface area (Å²) >= 11 is 1.67. The summed E-state index contributed by atoms with van der Waals surface area (Å²) in [6, 6.07) is 2.39. The zero-order valence-electron chi connectivity index (χ0n) is 11.7. The summed E-state index contributed by atoms with van der Waals surface area (Å²) in [6.45, 7) is 5.61. The summed E-state index contributed by atoms with van der Waals surface area (Å²) in [5.74, 6) is 0.913. The quantitative estimate of drug-likeness (QED) is 0.934. The number of ether oxygens (including phenoxy) is 1. The van der Waals surface area contributed by atoms with Gasteiger partial charge in [0.15, 0.2) is 0 Å². The molecule has 2 unspecified atom stereocenters. The maximum absolute atomic E-state index is 9.40. The molecule has 2 atom stereocenters. The molecule has 0 aromatic carbocycles. The molecule has 2 aromatic rings. The lowest BCUT2D eigenvalue weighted by molar-refractivity contribution is 0.117. The van der Waals surface area contributed by atoms with Gasteiger partial charge in [0, 0.05) is 18.0 Å². The van der Waals surface area contributed by atoms with Gasteiger partial charge in [-0.25, -0.2) is 9.97 Å². The molecule has 3 heterocycles. The Labute approximate surface area is 122 Å². The summed E-state index contributed by atoms with van der Waals surface area (Å²) in [6.07, 6.45) is 2.74. The number of hydrogen-bond donors (Lipinski definition) is 1. The first kappa shape index (κ1) is 13.7. The van der Waals surface area contributed by atoms with Crippen LogP contribution < -0.4 is 4.90 Å². The molecule has 0 saturated carbocycles. The number of fused-ring (bicyclic) bond motifs is 1.